The van der Waals surface area contributed by atoms with Crippen molar-refractivity contribution in [1.29, 1.82) is 0 Å². The molecule has 0 atom stereocenters. The average Bonchev–Trinajstić information content (AvgIpc) is 2.55. The molecule has 0 saturated carbocycles. The molecule has 2 aromatic rings. The van der Waals surface area contributed by atoms with Gasteiger partial charge in [-0.15, -0.1) is 11.8 Å². The first-order chi connectivity index (χ1) is 11.5. The van der Waals surface area contributed by atoms with Gasteiger partial charge in [-0.05, 0) is 42.9 Å². The molecule has 0 saturated heterocycles. The lowest BCUT2D eigenvalue weighted by Gasteiger charge is -2.10. The van der Waals surface area contributed by atoms with E-state index in [1.165, 1.54) is 11.1 Å². The van der Waals surface area contributed by atoms with Gasteiger partial charge in [0.05, 0.1) is 5.75 Å². The van der Waals surface area contributed by atoms with Crippen LogP contribution in [-0.4, -0.2) is 30.7 Å². The fourth-order valence-electron chi connectivity index (χ4n) is 2.22. The number of rotatable bonds is 8. The van der Waals surface area contributed by atoms with Crippen LogP contribution < -0.4 is 5.32 Å². The first-order valence-electron chi connectivity index (χ1n) is 7.84. The topological polar surface area (TPSA) is 32.3 Å². The van der Waals surface area contributed by atoms with Crippen LogP contribution in [0.1, 0.15) is 16.7 Å². The van der Waals surface area contributed by atoms with Gasteiger partial charge in [0, 0.05) is 23.9 Å². The van der Waals surface area contributed by atoms with Gasteiger partial charge in [-0.2, -0.15) is 0 Å². The van der Waals surface area contributed by atoms with Gasteiger partial charge in [0.2, 0.25) is 5.91 Å². The minimum atomic E-state index is 0.0614. The van der Waals surface area contributed by atoms with E-state index in [1.807, 2.05) is 24.3 Å². The van der Waals surface area contributed by atoms with Crippen LogP contribution in [0.3, 0.4) is 0 Å². The molecule has 0 unspecified atom stereocenters. The minimum Gasteiger partial charge on any atom is -0.351 e. The second kappa shape index (κ2) is 9.72. The number of thioether (sulfide) groups is 1. The highest BCUT2D eigenvalue weighted by atomic mass is 35.5. The molecule has 3 nitrogen and oxygen atoms in total. The van der Waals surface area contributed by atoms with Crippen LogP contribution >= 0.6 is 23.4 Å². The van der Waals surface area contributed by atoms with Crippen LogP contribution in [0.2, 0.25) is 5.02 Å². The first kappa shape index (κ1) is 18.8. The number of benzene rings is 2. The van der Waals surface area contributed by atoms with E-state index in [0.717, 1.165) is 22.9 Å². The molecule has 1 amide bonds. The molecule has 0 fully saturated rings. The largest absolute Gasteiger partial charge is 0.351 e. The van der Waals surface area contributed by atoms with Crippen molar-refractivity contribution < 1.29 is 4.79 Å². The standard InChI is InChI=1S/C19H23ClN2OS/c1-22(2)12-16-5-3-15(4-6-16)11-21-19(23)14-24-13-17-7-9-18(20)10-8-17/h3-10H,11-14H2,1-2H3,(H,21,23). The zero-order valence-corrected chi connectivity index (χ0v) is 15.7. The van der Waals surface area contributed by atoms with E-state index in [2.05, 4.69) is 48.6 Å². The molecule has 0 spiro atoms. The molecule has 0 heterocycles. The molecule has 128 valence electrons. The molecule has 2 aromatic carbocycles. The van der Waals surface area contributed by atoms with Gasteiger partial charge < -0.3 is 10.2 Å². The summed E-state index contributed by atoms with van der Waals surface area (Å²) < 4.78 is 0. The van der Waals surface area contributed by atoms with E-state index in [1.54, 1.807) is 11.8 Å². The molecule has 5 heteroatoms. The molecule has 0 bridgehead atoms. The van der Waals surface area contributed by atoms with Gasteiger partial charge in [-0.3, -0.25) is 4.79 Å². The Kier molecular flexibility index (Phi) is 7.63. The van der Waals surface area contributed by atoms with Crippen LogP contribution in [-0.2, 0) is 23.6 Å². The maximum atomic E-state index is 11.9. The van der Waals surface area contributed by atoms with Crippen molar-refractivity contribution in [3.63, 3.8) is 0 Å². The Hall–Kier alpha value is -1.49. The zero-order valence-electron chi connectivity index (χ0n) is 14.1. The number of nitrogens with zero attached hydrogens (tertiary/aromatic N) is 1. The van der Waals surface area contributed by atoms with Crippen molar-refractivity contribution in [3.05, 3.63) is 70.2 Å². The summed E-state index contributed by atoms with van der Waals surface area (Å²) in [6, 6.07) is 16.1. The van der Waals surface area contributed by atoms with E-state index in [0.29, 0.717) is 12.3 Å². The summed E-state index contributed by atoms with van der Waals surface area (Å²) >= 11 is 7.46. The number of carbonyl (C=O) groups excluding carboxylic acids is 1. The van der Waals surface area contributed by atoms with E-state index >= 15 is 0 Å². The predicted octanol–water partition coefficient (Wildman–Crippen LogP) is 3.95. The second-order valence-corrected chi connectivity index (χ2v) is 7.37. The Morgan fingerprint density at radius 1 is 1.00 bits per heavy atom. The predicted molar refractivity (Wildman–Crippen MR) is 103 cm³/mol. The lowest BCUT2D eigenvalue weighted by Crippen LogP contribution is -2.24. The molecular weight excluding hydrogens is 340 g/mol. The van der Waals surface area contributed by atoms with Crippen LogP contribution in [0.25, 0.3) is 0 Å². The zero-order chi connectivity index (χ0) is 17.4. The quantitative estimate of drug-likeness (QED) is 0.771. The van der Waals surface area contributed by atoms with Crippen LogP contribution in [0.15, 0.2) is 48.5 Å². The third-order valence-electron chi connectivity index (χ3n) is 3.43. The number of hydrogen-bond acceptors (Lipinski definition) is 3. The molecule has 0 aliphatic heterocycles. The van der Waals surface area contributed by atoms with Crippen LogP contribution in [0, 0.1) is 0 Å². The summed E-state index contributed by atoms with van der Waals surface area (Å²) in [6.07, 6.45) is 0. The molecule has 0 aliphatic carbocycles. The molecule has 0 aliphatic rings. The number of carbonyl (C=O) groups is 1. The Bertz CT molecular complexity index is 641. The van der Waals surface area contributed by atoms with Gasteiger partial charge >= 0.3 is 0 Å². The van der Waals surface area contributed by atoms with Gasteiger partial charge in [-0.25, -0.2) is 0 Å². The highest BCUT2D eigenvalue weighted by Gasteiger charge is 2.03. The summed E-state index contributed by atoms with van der Waals surface area (Å²) in [7, 11) is 4.10. The van der Waals surface area contributed by atoms with E-state index in [4.69, 9.17) is 11.6 Å². The Morgan fingerprint density at radius 2 is 1.58 bits per heavy atom. The van der Waals surface area contributed by atoms with Crippen molar-refractivity contribution in [1.82, 2.24) is 10.2 Å². The van der Waals surface area contributed by atoms with Gasteiger partial charge in [-0.1, -0.05) is 48.0 Å². The summed E-state index contributed by atoms with van der Waals surface area (Å²) in [5, 5.41) is 3.70. The second-order valence-electron chi connectivity index (χ2n) is 5.95. The monoisotopic (exact) mass is 362 g/mol. The van der Waals surface area contributed by atoms with Crippen molar-refractivity contribution in [3.8, 4) is 0 Å². The lowest BCUT2D eigenvalue weighted by molar-refractivity contribution is -0.118. The van der Waals surface area contributed by atoms with Gasteiger partial charge in [0.1, 0.15) is 0 Å². The van der Waals surface area contributed by atoms with Crippen molar-refractivity contribution in [2.45, 2.75) is 18.8 Å². The van der Waals surface area contributed by atoms with E-state index in [9.17, 15) is 4.79 Å². The highest BCUT2D eigenvalue weighted by Crippen LogP contribution is 2.15. The maximum Gasteiger partial charge on any atom is 0.230 e. The molecule has 24 heavy (non-hydrogen) atoms. The number of hydrogen-bond donors (Lipinski definition) is 1. The number of halogens is 1. The summed E-state index contributed by atoms with van der Waals surface area (Å²) in [6.45, 7) is 1.50. The molecule has 1 N–H and O–H groups in total. The molecule has 2 rings (SSSR count). The van der Waals surface area contributed by atoms with Gasteiger partial charge in [0.15, 0.2) is 0 Å². The molecular formula is C19H23ClN2OS. The lowest BCUT2D eigenvalue weighted by atomic mass is 10.1. The van der Waals surface area contributed by atoms with Crippen molar-refractivity contribution in [2.24, 2.45) is 0 Å². The van der Waals surface area contributed by atoms with Crippen molar-refractivity contribution >= 4 is 29.3 Å². The fraction of sp³-hybridized carbons (Fsp3) is 0.316. The summed E-state index contributed by atoms with van der Waals surface area (Å²) in [4.78, 5) is 14.0. The summed E-state index contributed by atoms with van der Waals surface area (Å²) in [5.74, 6) is 1.33. The third kappa shape index (κ3) is 6.95. The Labute approximate surface area is 153 Å². The smallest absolute Gasteiger partial charge is 0.230 e. The SMILES string of the molecule is CN(C)Cc1ccc(CNC(=O)CSCc2ccc(Cl)cc2)cc1. The minimum absolute atomic E-state index is 0.0614. The van der Waals surface area contributed by atoms with Gasteiger partial charge in [0.25, 0.3) is 0 Å². The fourth-order valence-corrected chi connectivity index (χ4v) is 3.17. The Morgan fingerprint density at radius 3 is 2.21 bits per heavy atom. The molecule has 0 radical (unpaired) electrons. The van der Waals surface area contributed by atoms with Crippen molar-refractivity contribution in [2.75, 3.05) is 19.8 Å². The Balaban J connectivity index is 1.68. The van der Waals surface area contributed by atoms with Crippen LogP contribution in [0.5, 0.6) is 0 Å². The maximum absolute atomic E-state index is 11.9. The van der Waals surface area contributed by atoms with E-state index in [-0.39, 0.29) is 5.91 Å². The first-order valence-corrected chi connectivity index (χ1v) is 9.37. The normalized spacial score (nSPS) is 10.8. The molecule has 0 aromatic heterocycles. The van der Waals surface area contributed by atoms with Crippen LogP contribution in [0.4, 0.5) is 0 Å². The van der Waals surface area contributed by atoms with E-state index < -0.39 is 0 Å². The third-order valence-corrected chi connectivity index (χ3v) is 4.68. The number of amides is 1. The average molecular weight is 363 g/mol. The highest BCUT2D eigenvalue weighted by molar-refractivity contribution is 7.99. The summed E-state index contributed by atoms with van der Waals surface area (Å²) in [5.41, 5.74) is 3.57. The number of nitrogens with one attached hydrogen (secondary N) is 1.